The third-order valence-electron chi connectivity index (χ3n) is 6.19. The molecule has 1 aliphatic heterocycles. The van der Waals surface area contributed by atoms with E-state index in [1.165, 1.54) is 4.90 Å². The zero-order chi connectivity index (χ0) is 23.8. The number of Topliss-reactive ketones (excluding diaryl/α,β-unsaturated/α-hetero) is 1. The first-order valence-corrected chi connectivity index (χ1v) is 11.2. The molecule has 2 aliphatic rings. The number of fused-ring (bicyclic) bond motifs is 1. The zero-order valence-electron chi connectivity index (χ0n) is 19.2. The van der Waals surface area contributed by atoms with Gasteiger partial charge < -0.3 is 5.11 Å². The Bertz CT molecular complexity index is 1170. The van der Waals surface area contributed by atoms with Crippen LogP contribution in [0.4, 0.5) is 5.69 Å². The van der Waals surface area contributed by atoms with E-state index in [9.17, 15) is 19.5 Å². The fourth-order valence-electron chi connectivity index (χ4n) is 4.52. The van der Waals surface area contributed by atoms with Crippen molar-refractivity contribution < 1.29 is 19.5 Å². The van der Waals surface area contributed by atoms with E-state index in [1.807, 2.05) is 45.0 Å². The molecule has 1 saturated carbocycles. The molecular weight excluding hydrogens is 416 g/mol. The minimum absolute atomic E-state index is 0.0283. The van der Waals surface area contributed by atoms with Crippen molar-refractivity contribution in [2.45, 2.75) is 46.5 Å². The summed E-state index contributed by atoms with van der Waals surface area (Å²) in [7, 11) is 0. The zero-order valence-corrected chi connectivity index (χ0v) is 19.2. The molecule has 2 aromatic rings. The molecule has 1 heterocycles. The normalized spacial score (nSPS) is 20.4. The number of hydrogen-bond donors (Lipinski definition) is 1. The molecule has 6 nitrogen and oxygen atoms in total. The lowest BCUT2D eigenvalue weighted by molar-refractivity contribution is -0.117. The second-order valence-electron chi connectivity index (χ2n) is 9.52. The van der Waals surface area contributed by atoms with Crippen molar-refractivity contribution in [2.75, 3.05) is 6.54 Å². The maximum atomic E-state index is 13.0. The van der Waals surface area contributed by atoms with Gasteiger partial charge in [0.15, 0.2) is 5.78 Å². The first kappa shape index (κ1) is 22.6. The topological polar surface area (TPSA) is 87.0 Å². The van der Waals surface area contributed by atoms with Crippen LogP contribution in [0.3, 0.4) is 0 Å². The van der Waals surface area contributed by atoms with E-state index in [4.69, 9.17) is 4.99 Å². The average Bonchev–Trinajstić information content (AvgIpc) is 2.99. The van der Waals surface area contributed by atoms with E-state index in [-0.39, 0.29) is 47.3 Å². The number of imide groups is 1. The highest BCUT2D eigenvalue weighted by molar-refractivity contribution is 6.25. The Morgan fingerprint density at radius 2 is 1.58 bits per heavy atom. The van der Waals surface area contributed by atoms with Crippen LogP contribution in [0.5, 0.6) is 0 Å². The molecule has 1 fully saturated rings. The number of hydrogen-bond acceptors (Lipinski definition) is 5. The van der Waals surface area contributed by atoms with Crippen molar-refractivity contribution in [3.8, 4) is 0 Å². The first-order valence-electron chi connectivity index (χ1n) is 11.2. The van der Waals surface area contributed by atoms with Gasteiger partial charge in [0.1, 0.15) is 5.76 Å². The Morgan fingerprint density at radius 3 is 2.21 bits per heavy atom. The number of carbonyl (C=O) groups is 3. The molecule has 0 saturated heterocycles. The van der Waals surface area contributed by atoms with Crippen LogP contribution in [0.2, 0.25) is 0 Å². The Labute approximate surface area is 193 Å². The van der Waals surface area contributed by atoms with Crippen LogP contribution < -0.4 is 0 Å². The third-order valence-corrected chi connectivity index (χ3v) is 6.19. The van der Waals surface area contributed by atoms with Gasteiger partial charge in [-0.1, -0.05) is 44.2 Å². The predicted molar refractivity (Wildman–Crippen MR) is 127 cm³/mol. The number of benzene rings is 2. The van der Waals surface area contributed by atoms with E-state index in [0.29, 0.717) is 36.1 Å². The van der Waals surface area contributed by atoms with Crippen LogP contribution >= 0.6 is 0 Å². The van der Waals surface area contributed by atoms with Gasteiger partial charge >= 0.3 is 0 Å². The molecule has 170 valence electrons. The number of aryl methyl sites for hydroxylation is 1. The molecule has 0 spiro atoms. The molecule has 6 heteroatoms. The quantitative estimate of drug-likeness (QED) is 0.383. The number of carbonyl (C=O) groups excluding carboxylic acids is 3. The standard InChI is InChI=1S/C27H28N2O4/c1-17-9-4-7-12-20(17)28-21-15-27(2,3)16-23(31)24(21)22(30)13-8-14-29-25(32)18-10-5-6-11-19(18)26(29)33/h4-7,9-12,30H,8,13-16H2,1-3H3/b24-22+,28-21?. The number of aliphatic hydroxyl groups excluding tert-OH is 1. The summed E-state index contributed by atoms with van der Waals surface area (Å²) in [6.45, 7) is 6.18. The maximum Gasteiger partial charge on any atom is 0.261 e. The minimum Gasteiger partial charge on any atom is -0.511 e. The summed E-state index contributed by atoms with van der Waals surface area (Å²) in [5.41, 5.74) is 3.19. The second-order valence-corrected chi connectivity index (χ2v) is 9.52. The van der Waals surface area contributed by atoms with Crippen molar-refractivity contribution in [1.82, 2.24) is 4.90 Å². The van der Waals surface area contributed by atoms with Gasteiger partial charge in [0, 0.05) is 19.4 Å². The maximum absolute atomic E-state index is 13.0. The van der Waals surface area contributed by atoms with Gasteiger partial charge in [-0.05, 0) is 48.9 Å². The Kier molecular flexibility index (Phi) is 6.02. The number of rotatable bonds is 5. The Balaban J connectivity index is 1.55. The monoisotopic (exact) mass is 444 g/mol. The van der Waals surface area contributed by atoms with Crippen molar-refractivity contribution in [3.63, 3.8) is 0 Å². The van der Waals surface area contributed by atoms with Gasteiger partial charge in [-0.25, -0.2) is 0 Å². The number of para-hydroxylation sites is 1. The van der Waals surface area contributed by atoms with E-state index in [2.05, 4.69) is 0 Å². The van der Waals surface area contributed by atoms with Crippen molar-refractivity contribution in [1.29, 1.82) is 0 Å². The van der Waals surface area contributed by atoms with Crippen LogP contribution in [0, 0.1) is 12.3 Å². The molecular formula is C27H28N2O4. The highest BCUT2D eigenvalue weighted by Gasteiger charge is 2.37. The minimum atomic E-state index is -0.319. The van der Waals surface area contributed by atoms with Crippen LogP contribution in [0.15, 0.2) is 64.9 Å². The lowest BCUT2D eigenvalue weighted by atomic mass is 9.73. The van der Waals surface area contributed by atoms with Gasteiger partial charge in [0.2, 0.25) is 0 Å². The van der Waals surface area contributed by atoms with Gasteiger partial charge in [0.05, 0.1) is 28.1 Å². The van der Waals surface area contributed by atoms with Crippen LogP contribution in [0.25, 0.3) is 0 Å². The molecule has 4 rings (SSSR count). The van der Waals surface area contributed by atoms with Crippen molar-refractivity contribution in [3.05, 3.63) is 76.6 Å². The summed E-state index contributed by atoms with van der Waals surface area (Å²) in [4.78, 5) is 44.1. The molecule has 2 aromatic carbocycles. The Morgan fingerprint density at radius 1 is 0.970 bits per heavy atom. The molecule has 1 aliphatic carbocycles. The number of ketones is 1. The molecule has 2 amide bonds. The predicted octanol–water partition coefficient (Wildman–Crippen LogP) is 5.35. The molecule has 33 heavy (non-hydrogen) atoms. The van der Waals surface area contributed by atoms with Crippen LogP contribution in [-0.2, 0) is 4.79 Å². The van der Waals surface area contributed by atoms with Gasteiger partial charge in [0.25, 0.3) is 11.8 Å². The van der Waals surface area contributed by atoms with Crippen molar-refractivity contribution in [2.24, 2.45) is 10.4 Å². The highest BCUT2D eigenvalue weighted by Crippen LogP contribution is 2.37. The molecule has 0 aromatic heterocycles. The van der Waals surface area contributed by atoms with Gasteiger partial charge in [-0.15, -0.1) is 0 Å². The number of aliphatic hydroxyl groups is 1. The second kappa shape index (κ2) is 8.77. The largest absolute Gasteiger partial charge is 0.511 e. The van der Waals surface area contributed by atoms with Crippen LogP contribution in [-0.4, -0.2) is 39.9 Å². The summed E-state index contributed by atoms with van der Waals surface area (Å²) < 4.78 is 0. The fourth-order valence-corrected chi connectivity index (χ4v) is 4.52. The van der Waals surface area contributed by atoms with E-state index in [0.717, 1.165) is 11.3 Å². The lowest BCUT2D eigenvalue weighted by Crippen LogP contribution is -2.33. The molecule has 1 N–H and O–H groups in total. The summed E-state index contributed by atoms with van der Waals surface area (Å²) in [6.07, 6.45) is 1.44. The third kappa shape index (κ3) is 4.51. The smallest absolute Gasteiger partial charge is 0.261 e. The lowest BCUT2D eigenvalue weighted by Gasteiger charge is -2.31. The molecule has 0 bridgehead atoms. The molecule has 0 radical (unpaired) electrons. The summed E-state index contributed by atoms with van der Waals surface area (Å²) >= 11 is 0. The number of nitrogens with zero attached hydrogens (tertiary/aromatic N) is 2. The summed E-state index contributed by atoms with van der Waals surface area (Å²) in [5, 5.41) is 10.9. The fraction of sp³-hybridized carbons (Fsp3) is 0.333. The van der Waals surface area contributed by atoms with Gasteiger partial charge in [-0.3, -0.25) is 24.3 Å². The summed E-state index contributed by atoms with van der Waals surface area (Å²) in [6, 6.07) is 14.4. The van der Waals surface area contributed by atoms with Crippen LogP contribution in [0.1, 0.15) is 65.8 Å². The summed E-state index contributed by atoms with van der Waals surface area (Å²) in [5.74, 6) is -0.795. The highest BCUT2D eigenvalue weighted by atomic mass is 16.3. The number of aliphatic imine (C=N–C) groups is 1. The number of amides is 2. The van der Waals surface area contributed by atoms with Gasteiger partial charge in [-0.2, -0.15) is 0 Å². The van der Waals surface area contributed by atoms with E-state index >= 15 is 0 Å². The average molecular weight is 445 g/mol. The molecule has 0 unspecified atom stereocenters. The van der Waals surface area contributed by atoms with E-state index in [1.54, 1.807) is 24.3 Å². The number of allylic oxidation sites excluding steroid dienone is 2. The molecule has 0 atom stereocenters. The SMILES string of the molecule is Cc1ccccc1N=C1CC(C)(C)CC(=O)/C1=C(/O)CCCN1C(=O)c2ccccc2C1=O. The van der Waals surface area contributed by atoms with E-state index < -0.39 is 0 Å². The van der Waals surface area contributed by atoms with Crippen molar-refractivity contribution >= 4 is 29.0 Å². The Hall–Kier alpha value is -3.54. The first-order chi connectivity index (χ1) is 15.7.